The first-order valence-corrected chi connectivity index (χ1v) is 10.6. The van der Waals surface area contributed by atoms with Gasteiger partial charge in [0.05, 0.1) is 11.6 Å². The van der Waals surface area contributed by atoms with E-state index >= 15 is 0 Å². The summed E-state index contributed by atoms with van der Waals surface area (Å²) in [6.45, 7) is 4.15. The van der Waals surface area contributed by atoms with Crippen LogP contribution in [0.3, 0.4) is 0 Å². The van der Waals surface area contributed by atoms with Gasteiger partial charge in [0.1, 0.15) is 18.1 Å². The summed E-state index contributed by atoms with van der Waals surface area (Å²) in [6, 6.07) is 16.3. The van der Waals surface area contributed by atoms with Crippen LogP contribution in [0.4, 0.5) is 0 Å². The van der Waals surface area contributed by atoms with Crippen molar-refractivity contribution in [2.24, 2.45) is 0 Å². The van der Waals surface area contributed by atoms with Crippen LogP contribution >= 0.6 is 11.6 Å². The van der Waals surface area contributed by atoms with E-state index in [-0.39, 0.29) is 17.9 Å². The van der Waals surface area contributed by atoms with Gasteiger partial charge in [0, 0.05) is 29.5 Å². The minimum atomic E-state index is -0.771. The van der Waals surface area contributed by atoms with E-state index in [2.05, 4.69) is 11.6 Å². The van der Waals surface area contributed by atoms with E-state index in [1.54, 1.807) is 79.1 Å². The number of hydrogen-bond acceptors (Lipinski definition) is 5. The van der Waals surface area contributed by atoms with Crippen molar-refractivity contribution in [3.8, 4) is 5.75 Å². The molecule has 33 heavy (non-hydrogen) atoms. The van der Waals surface area contributed by atoms with Crippen molar-refractivity contribution in [1.29, 1.82) is 0 Å². The van der Waals surface area contributed by atoms with Crippen molar-refractivity contribution in [3.05, 3.63) is 113 Å². The number of ketones is 1. The number of aliphatic hydroxyl groups is 1. The summed E-state index contributed by atoms with van der Waals surface area (Å²) in [4.78, 5) is 31.6. The predicted octanol–water partition coefficient (Wildman–Crippen LogP) is 4.92. The SMILES string of the molecule is C=CCOc1ccc(/C(O)=C2/C(=O)C(=O)N(Cc3ccncc3)C2c2ccc(Cl)cc2)cc1. The molecule has 3 aromatic rings. The number of likely N-dealkylation sites (tertiary alicyclic amines) is 1. The number of nitrogens with zero attached hydrogens (tertiary/aromatic N) is 2. The van der Waals surface area contributed by atoms with Crippen LogP contribution in [0.15, 0.2) is 91.3 Å². The molecule has 0 saturated carbocycles. The number of aliphatic hydroxyl groups excluding tert-OH is 1. The molecular weight excluding hydrogens is 440 g/mol. The number of hydrogen-bond donors (Lipinski definition) is 1. The number of rotatable bonds is 7. The quantitative estimate of drug-likeness (QED) is 0.234. The Labute approximate surface area is 196 Å². The summed E-state index contributed by atoms with van der Waals surface area (Å²) in [7, 11) is 0. The number of ether oxygens (including phenoxy) is 1. The number of Topliss-reactive ketones (excluding diaryl/α,β-unsaturated/α-hetero) is 1. The molecule has 6 nitrogen and oxygen atoms in total. The van der Waals surface area contributed by atoms with Crippen LogP contribution in [0.1, 0.15) is 22.7 Å². The Kier molecular flexibility index (Phi) is 6.56. The van der Waals surface area contributed by atoms with E-state index in [1.165, 1.54) is 4.90 Å². The van der Waals surface area contributed by atoms with Crippen LogP contribution in [0.5, 0.6) is 5.75 Å². The lowest BCUT2D eigenvalue weighted by Crippen LogP contribution is -2.29. The highest BCUT2D eigenvalue weighted by Gasteiger charge is 2.46. The zero-order valence-corrected chi connectivity index (χ0v) is 18.4. The second kappa shape index (κ2) is 9.71. The molecule has 0 bridgehead atoms. The first kappa shape index (κ1) is 22.3. The maximum Gasteiger partial charge on any atom is 0.295 e. The minimum Gasteiger partial charge on any atom is -0.507 e. The van der Waals surface area contributed by atoms with Crippen LogP contribution in [0.2, 0.25) is 5.02 Å². The standard InChI is InChI=1S/C26H21ClN2O4/c1-2-15-33-21-9-5-19(6-10-21)24(30)22-23(18-3-7-20(27)8-4-18)29(26(32)25(22)31)16-17-11-13-28-14-12-17/h2-14,23,30H,1,15-16H2/b24-22-. The molecule has 1 atom stereocenters. The van der Waals surface area contributed by atoms with Crippen LogP contribution in [0, 0.1) is 0 Å². The predicted molar refractivity (Wildman–Crippen MR) is 126 cm³/mol. The summed E-state index contributed by atoms with van der Waals surface area (Å²) >= 11 is 6.05. The largest absolute Gasteiger partial charge is 0.507 e. The molecule has 1 aromatic heterocycles. The Morgan fingerprint density at radius 2 is 1.73 bits per heavy atom. The topological polar surface area (TPSA) is 79.7 Å². The smallest absolute Gasteiger partial charge is 0.295 e. The van der Waals surface area contributed by atoms with Crippen molar-refractivity contribution in [1.82, 2.24) is 9.88 Å². The zero-order chi connectivity index (χ0) is 23.4. The van der Waals surface area contributed by atoms with Crippen molar-refractivity contribution in [2.75, 3.05) is 6.61 Å². The number of amides is 1. The molecule has 7 heteroatoms. The number of carbonyl (C=O) groups is 2. The third-order valence-electron chi connectivity index (χ3n) is 5.32. The second-order valence-electron chi connectivity index (χ2n) is 7.46. The molecule has 0 radical (unpaired) electrons. The van der Waals surface area contributed by atoms with Gasteiger partial charge >= 0.3 is 0 Å². The molecule has 2 aromatic carbocycles. The van der Waals surface area contributed by atoms with E-state index in [1.807, 2.05) is 0 Å². The number of pyridine rings is 1. The van der Waals surface area contributed by atoms with E-state index < -0.39 is 17.7 Å². The molecule has 0 aliphatic carbocycles. The monoisotopic (exact) mass is 460 g/mol. The van der Waals surface area contributed by atoms with Gasteiger partial charge in [-0.2, -0.15) is 0 Å². The molecule has 1 aliphatic rings. The number of aromatic nitrogens is 1. The summed E-state index contributed by atoms with van der Waals surface area (Å²) in [5.74, 6) is -1.08. The van der Waals surface area contributed by atoms with Gasteiger partial charge in [-0.05, 0) is 59.7 Å². The van der Waals surface area contributed by atoms with Crippen LogP contribution in [0.25, 0.3) is 5.76 Å². The third-order valence-corrected chi connectivity index (χ3v) is 5.58. The van der Waals surface area contributed by atoms with Gasteiger partial charge in [-0.1, -0.05) is 36.4 Å². The van der Waals surface area contributed by atoms with Crippen LogP contribution in [-0.4, -0.2) is 33.3 Å². The second-order valence-corrected chi connectivity index (χ2v) is 7.89. The van der Waals surface area contributed by atoms with E-state index in [0.717, 1.165) is 5.56 Å². The Morgan fingerprint density at radius 3 is 2.36 bits per heavy atom. The first-order chi connectivity index (χ1) is 16.0. The highest BCUT2D eigenvalue weighted by Crippen LogP contribution is 2.40. The molecule has 1 N–H and O–H groups in total. The van der Waals surface area contributed by atoms with Gasteiger partial charge in [-0.15, -0.1) is 0 Å². The summed E-state index contributed by atoms with van der Waals surface area (Å²) in [5.41, 5.74) is 1.91. The zero-order valence-electron chi connectivity index (χ0n) is 17.6. The Morgan fingerprint density at radius 1 is 1.06 bits per heavy atom. The van der Waals surface area contributed by atoms with Gasteiger partial charge in [0.15, 0.2) is 0 Å². The number of benzene rings is 2. The van der Waals surface area contributed by atoms with Crippen molar-refractivity contribution >= 4 is 29.1 Å². The van der Waals surface area contributed by atoms with Crippen molar-refractivity contribution < 1.29 is 19.4 Å². The Balaban J connectivity index is 1.78. The Bertz CT molecular complexity index is 1210. The molecule has 2 heterocycles. The summed E-state index contributed by atoms with van der Waals surface area (Å²) in [5, 5.41) is 11.7. The summed E-state index contributed by atoms with van der Waals surface area (Å²) in [6.07, 6.45) is 4.88. The first-order valence-electron chi connectivity index (χ1n) is 10.3. The molecular formula is C26H21ClN2O4. The molecule has 1 amide bonds. The fourth-order valence-electron chi connectivity index (χ4n) is 3.74. The molecule has 1 fully saturated rings. The average Bonchev–Trinajstić information content (AvgIpc) is 3.08. The van der Waals surface area contributed by atoms with Crippen molar-refractivity contribution in [3.63, 3.8) is 0 Å². The van der Waals surface area contributed by atoms with E-state index in [4.69, 9.17) is 16.3 Å². The maximum absolute atomic E-state index is 13.1. The lowest BCUT2D eigenvalue weighted by Gasteiger charge is -2.25. The van der Waals surface area contributed by atoms with Gasteiger partial charge in [-0.3, -0.25) is 14.6 Å². The molecule has 4 rings (SSSR count). The fraction of sp³-hybridized carbons (Fsp3) is 0.115. The maximum atomic E-state index is 13.1. The molecule has 1 aliphatic heterocycles. The normalized spacial score (nSPS) is 17.2. The van der Waals surface area contributed by atoms with Gasteiger partial charge in [-0.25, -0.2) is 0 Å². The van der Waals surface area contributed by atoms with Gasteiger partial charge in [0.2, 0.25) is 0 Å². The molecule has 166 valence electrons. The molecule has 1 unspecified atom stereocenters. The highest BCUT2D eigenvalue weighted by molar-refractivity contribution is 6.46. The van der Waals surface area contributed by atoms with Crippen LogP contribution < -0.4 is 4.74 Å². The third kappa shape index (κ3) is 4.66. The fourth-order valence-corrected chi connectivity index (χ4v) is 3.87. The van der Waals surface area contributed by atoms with Crippen LogP contribution in [-0.2, 0) is 16.1 Å². The molecule has 1 saturated heterocycles. The highest BCUT2D eigenvalue weighted by atomic mass is 35.5. The molecule has 0 spiro atoms. The van der Waals surface area contributed by atoms with E-state index in [9.17, 15) is 14.7 Å². The van der Waals surface area contributed by atoms with Gasteiger partial charge < -0.3 is 14.7 Å². The van der Waals surface area contributed by atoms with Crippen molar-refractivity contribution in [2.45, 2.75) is 12.6 Å². The average molecular weight is 461 g/mol. The summed E-state index contributed by atoms with van der Waals surface area (Å²) < 4.78 is 5.48. The van der Waals surface area contributed by atoms with E-state index in [0.29, 0.717) is 28.5 Å². The lowest BCUT2D eigenvalue weighted by molar-refractivity contribution is -0.140. The number of halogens is 1. The lowest BCUT2D eigenvalue weighted by atomic mass is 9.95. The number of carbonyl (C=O) groups excluding carboxylic acids is 2. The minimum absolute atomic E-state index is 0.0242. The van der Waals surface area contributed by atoms with Gasteiger partial charge in [0.25, 0.3) is 11.7 Å². The Hall–Kier alpha value is -3.90.